The van der Waals surface area contributed by atoms with Crippen molar-refractivity contribution in [3.63, 3.8) is 0 Å². The maximum atomic E-state index is 12.4. The summed E-state index contributed by atoms with van der Waals surface area (Å²) in [5.41, 5.74) is 2.74. The van der Waals surface area contributed by atoms with E-state index >= 15 is 0 Å². The molecule has 0 N–H and O–H groups in total. The first-order chi connectivity index (χ1) is 18.1. The van der Waals surface area contributed by atoms with Crippen LogP contribution < -0.4 is 0 Å². The van der Waals surface area contributed by atoms with Gasteiger partial charge in [-0.15, -0.1) is 0 Å². The summed E-state index contributed by atoms with van der Waals surface area (Å²) in [6, 6.07) is 0. The standard InChI is InChI=1S/C36H62O3/c1-11-32(5,6)31(37)39-24-38-28-17-19-35(9)27(23-28)15-16-30-34(8)22-21-33(7,26(4)14-12-13-25(2)3)29(34)18-20-36(30,35)10/h15,25-26,28-30H,11-14,16-24H2,1-10H3/t26-,28?,29-,30+,33-,34-,35+,36+/m1/s1. The molecule has 4 aliphatic rings. The van der Waals surface area contributed by atoms with Crippen LogP contribution in [0.5, 0.6) is 0 Å². The van der Waals surface area contributed by atoms with E-state index in [0.29, 0.717) is 16.2 Å². The van der Waals surface area contributed by atoms with E-state index in [2.05, 4.69) is 54.5 Å². The minimum absolute atomic E-state index is 0.0878. The Kier molecular flexibility index (Phi) is 8.86. The second kappa shape index (κ2) is 11.1. The molecule has 0 heterocycles. The molecule has 0 aromatic rings. The third-order valence-electron chi connectivity index (χ3n) is 13.8. The van der Waals surface area contributed by atoms with Crippen molar-refractivity contribution in [1.82, 2.24) is 0 Å². The number of carbonyl (C=O) groups excluding carboxylic acids is 1. The van der Waals surface area contributed by atoms with Crippen molar-refractivity contribution < 1.29 is 14.3 Å². The first-order valence-corrected chi connectivity index (χ1v) is 16.6. The van der Waals surface area contributed by atoms with Crippen LogP contribution in [0.2, 0.25) is 0 Å². The van der Waals surface area contributed by atoms with Crippen LogP contribution in [0.15, 0.2) is 11.6 Å². The molecule has 3 nitrogen and oxygen atoms in total. The molecule has 0 spiro atoms. The predicted molar refractivity (Wildman–Crippen MR) is 162 cm³/mol. The lowest BCUT2D eigenvalue weighted by atomic mass is 9.39. The third-order valence-corrected chi connectivity index (χ3v) is 13.8. The van der Waals surface area contributed by atoms with Crippen molar-refractivity contribution in [2.45, 2.75) is 152 Å². The van der Waals surface area contributed by atoms with Gasteiger partial charge in [-0.3, -0.25) is 4.79 Å². The molecule has 224 valence electrons. The highest BCUT2D eigenvalue weighted by molar-refractivity contribution is 5.75. The molecular formula is C36H62O3. The molecule has 0 bridgehead atoms. The summed E-state index contributed by atoms with van der Waals surface area (Å²) in [5.74, 6) is 3.12. The van der Waals surface area contributed by atoms with Crippen molar-refractivity contribution in [3.8, 4) is 0 Å². The quantitative estimate of drug-likeness (QED) is 0.156. The normalized spacial score (nSPS) is 40.9. The lowest BCUT2D eigenvalue weighted by Crippen LogP contribution is -2.58. The summed E-state index contributed by atoms with van der Waals surface area (Å²) < 4.78 is 11.7. The number of rotatable bonds is 10. The van der Waals surface area contributed by atoms with E-state index in [1.165, 1.54) is 57.8 Å². The average Bonchev–Trinajstić information content (AvgIpc) is 3.15. The fraction of sp³-hybridized carbons (Fsp3) is 0.917. The van der Waals surface area contributed by atoms with Gasteiger partial charge in [0.2, 0.25) is 0 Å². The zero-order valence-corrected chi connectivity index (χ0v) is 27.4. The van der Waals surface area contributed by atoms with Gasteiger partial charge in [-0.25, -0.2) is 0 Å². The number of hydrogen-bond donors (Lipinski definition) is 0. The zero-order valence-electron chi connectivity index (χ0n) is 27.4. The summed E-state index contributed by atoms with van der Waals surface area (Å²) in [6.07, 6.45) is 17.8. The summed E-state index contributed by atoms with van der Waals surface area (Å²) in [4.78, 5) is 12.4. The number of ether oxygens (including phenoxy) is 2. The molecule has 8 atom stereocenters. The first kappa shape index (κ1) is 31.1. The maximum absolute atomic E-state index is 12.4. The Hall–Kier alpha value is -0.830. The van der Waals surface area contributed by atoms with Crippen molar-refractivity contribution in [2.75, 3.05) is 6.79 Å². The van der Waals surface area contributed by atoms with Gasteiger partial charge in [0.25, 0.3) is 0 Å². The SMILES string of the molecule is CCC(C)(C)C(=O)OCOC1CC[C@@]2(C)C(=CC[C@H]3[C@]4(C)CC[C@](C)([C@H](C)CCCC(C)C)[C@H]4CC[C@@]32C)C1. The molecule has 0 amide bonds. The van der Waals surface area contributed by atoms with Gasteiger partial charge >= 0.3 is 5.97 Å². The van der Waals surface area contributed by atoms with Crippen molar-refractivity contribution >= 4 is 5.97 Å². The number of esters is 1. The number of fused-ring (bicyclic) bond motifs is 5. The molecule has 0 aromatic heterocycles. The summed E-state index contributed by atoms with van der Waals surface area (Å²) in [6.45, 7) is 24.0. The van der Waals surface area contributed by atoms with Crippen molar-refractivity contribution in [1.29, 1.82) is 0 Å². The maximum Gasteiger partial charge on any atom is 0.313 e. The molecule has 1 unspecified atom stereocenters. The van der Waals surface area contributed by atoms with Crippen LogP contribution in [-0.4, -0.2) is 18.9 Å². The van der Waals surface area contributed by atoms with E-state index in [1.54, 1.807) is 5.57 Å². The van der Waals surface area contributed by atoms with E-state index in [-0.39, 0.29) is 24.3 Å². The molecule has 3 saturated carbocycles. The Labute approximate surface area is 241 Å². The first-order valence-electron chi connectivity index (χ1n) is 16.6. The Balaban J connectivity index is 1.45. The van der Waals surface area contributed by atoms with Crippen LogP contribution in [-0.2, 0) is 14.3 Å². The van der Waals surface area contributed by atoms with Crippen LogP contribution in [0.3, 0.4) is 0 Å². The van der Waals surface area contributed by atoms with Gasteiger partial charge in [0, 0.05) is 0 Å². The highest BCUT2D eigenvalue weighted by Gasteiger charge is 2.67. The Morgan fingerprint density at radius 3 is 2.38 bits per heavy atom. The average molecular weight is 543 g/mol. The summed E-state index contributed by atoms with van der Waals surface area (Å²) >= 11 is 0. The van der Waals surface area contributed by atoms with Gasteiger partial charge in [-0.05, 0) is 117 Å². The smallest absolute Gasteiger partial charge is 0.313 e. The van der Waals surface area contributed by atoms with Gasteiger partial charge in [-0.2, -0.15) is 0 Å². The number of allylic oxidation sites excluding steroid dienone is 1. The van der Waals surface area contributed by atoms with Gasteiger partial charge in [0.15, 0.2) is 6.79 Å². The molecule has 4 rings (SSSR count). The van der Waals surface area contributed by atoms with Crippen LogP contribution in [0.4, 0.5) is 0 Å². The molecule has 3 fully saturated rings. The minimum Gasteiger partial charge on any atom is -0.438 e. The summed E-state index contributed by atoms with van der Waals surface area (Å²) in [7, 11) is 0. The Morgan fingerprint density at radius 1 is 1.00 bits per heavy atom. The molecule has 3 heteroatoms. The predicted octanol–water partition coefficient (Wildman–Crippen LogP) is 10.1. The number of hydrogen-bond acceptors (Lipinski definition) is 3. The lowest BCUT2D eigenvalue weighted by molar-refractivity contribution is -0.175. The van der Waals surface area contributed by atoms with Crippen LogP contribution in [0.25, 0.3) is 0 Å². The topological polar surface area (TPSA) is 35.5 Å². The van der Waals surface area contributed by atoms with Gasteiger partial charge in [0.1, 0.15) is 0 Å². The molecule has 0 saturated heterocycles. The molecular weight excluding hydrogens is 480 g/mol. The Bertz CT molecular complexity index is 918. The van der Waals surface area contributed by atoms with Crippen molar-refractivity contribution in [2.24, 2.45) is 50.7 Å². The zero-order chi connectivity index (χ0) is 28.9. The molecule has 39 heavy (non-hydrogen) atoms. The second-order valence-electron chi connectivity index (χ2n) is 16.4. The van der Waals surface area contributed by atoms with Crippen LogP contribution in [0, 0.1) is 50.7 Å². The fourth-order valence-electron chi connectivity index (χ4n) is 10.1. The highest BCUT2D eigenvalue weighted by Crippen LogP contribution is 2.75. The van der Waals surface area contributed by atoms with E-state index in [9.17, 15) is 4.79 Å². The lowest BCUT2D eigenvalue weighted by Gasteiger charge is -2.66. The van der Waals surface area contributed by atoms with E-state index in [0.717, 1.165) is 42.9 Å². The monoisotopic (exact) mass is 542 g/mol. The van der Waals surface area contributed by atoms with Gasteiger partial charge in [0.05, 0.1) is 11.5 Å². The highest BCUT2D eigenvalue weighted by atomic mass is 16.7. The van der Waals surface area contributed by atoms with Gasteiger partial charge in [-0.1, -0.05) is 86.3 Å². The summed E-state index contributed by atoms with van der Waals surface area (Å²) in [5, 5.41) is 0. The Morgan fingerprint density at radius 2 is 1.72 bits per heavy atom. The molecule has 4 aliphatic carbocycles. The fourth-order valence-corrected chi connectivity index (χ4v) is 10.1. The number of carbonyl (C=O) groups is 1. The minimum atomic E-state index is -0.443. The van der Waals surface area contributed by atoms with E-state index in [1.807, 2.05) is 20.8 Å². The molecule has 0 aliphatic heterocycles. The van der Waals surface area contributed by atoms with Crippen molar-refractivity contribution in [3.05, 3.63) is 11.6 Å². The van der Waals surface area contributed by atoms with Gasteiger partial charge < -0.3 is 9.47 Å². The molecule has 0 radical (unpaired) electrons. The van der Waals surface area contributed by atoms with E-state index < -0.39 is 5.41 Å². The third kappa shape index (κ3) is 5.30. The van der Waals surface area contributed by atoms with Crippen LogP contribution in [0.1, 0.15) is 146 Å². The van der Waals surface area contributed by atoms with Crippen LogP contribution >= 0.6 is 0 Å². The largest absolute Gasteiger partial charge is 0.438 e. The van der Waals surface area contributed by atoms with E-state index in [4.69, 9.17) is 9.47 Å². The molecule has 0 aromatic carbocycles. The second-order valence-corrected chi connectivity index (χ2v) is 16.4.